The fraction of sp³-hybridized carbons (Fsp3) is 0.261. The van der Waals surface area contributed by atoms with Gasteiger partial charge in [-0.3, -0.25) is 9.69 Å². The summed E-state index contributed by atoms with van der Waals surface area (Å²) in [5.41, 5.74) is 1.42. The number of hydrogen-bond donors (Lipinski definition) is 0. The molecule has 7 nitrogen and oxygen atoms in total. The van der Waals surface area contributed by atoms with E-state index in [-0.39, 0.29) is 19.1 Å². The van der Waals surface area contributed by atoms with E-state index in [4.69, 9.17) is 31.2 Å². The molecule has 1 heterocycles. The average molecular weight is 599 g/mol. The number of methoxy groups -OCH3 is 1. The quantitative estimate of drug-likeness (QED) is 0.172. The van der Waals surface area contributed by atoms with E-state index in [1.807, 2.05) is 25.1 Å². The summed E-state index contributed by atoms with van der Waals surface area (Å²) in [7, 11) is 1.51. The van der Waals surface area contributed by atoms with E-state index in [0.29, 0.717) is 33.0 Å². The Kier molecular flexibility index (Phi) is 8.98. The third-order valence-electron chi connectivity index (χ3n) is 4.39. The maximum absolute atomic E-state index is 13.1. The van der Waals surface area contributed by atoms with Gasteiger partial charge in [0.05, 0.1) is 34.5 Å². The molecule has 1 fully saturated rings. The zero-order valence-corrected chi connectivity index (χ0v) is 22.0. The zero-order valence-electron chi connectivity index (χ0n) is 18.3. The minimum absolute atomic E-state index is 0.203. The van der Waals surface area contributed by atoms with Gasteiger partial charge in [-0.05, 0) is 84.5 Å². The van der Waals surface area contributed by atoms with Crippen molar-refractivity contribution in [3.8, 4) is 17.2 Å². The number of thioether (sulfide) groups is 1. The molecule has 0 atom stereocenters. The van der Waals surface area contributed by atoms with Crippen LogP contribution in [0, 0.1) is 3.57 Å². The number of amides is 1. The highest BCUT2D eigenvalue weighted by molar-refractivity contribution is 14.1. The van der Waals surface area contributed by atoms with Crippen molar-refractivity contribution in [1.82, 2.24) is 0 Å². The van der Waals surface area contributed by atoms with Gasteiger partial charge in [0.15, 0.2) is 22.4 Å². The molecule has 1 aliphatic rings. The normalized spacial score (nSPS) is 14.5. The summed E-state index contributed by atoms with van der Waals surface area (Å²) < 4.78 is 22.6. The highest BCUT2D eigenvalue weighted by atomic mass is 127. The summed E-state index contributed by atoms with van der Waals surface area (Å²) in [5.74, 6) is 0.946. The molecule has 0 aromatic heterocycles. The molecule has 0 aliphatic carbocycles. The predicted molar refractivity (Wildman–Crippen MR) is 141 cm³/mol. The van der Waals surface area contributed by atoms with Crippen LogP contribution in [-0.2, 0) is 14.3 Å². The monoisotopic (exact) mass is 599 g/mol. The van der Waals surface area contributed by atoms with Crippen molar-refractivity contribution < 1.29 is 28.5 Å². The summed E-state index contributed by atoms with van der Waals surface area (Å²) in [6, 6.07) is 10.8. The minimum Gasteiger partial charge on any atom is -0.494 e. The van der Waals surface area contributed by atoms with Crippen molar-refractivity contribution in [2.45, 2.75) is 13.8 Å². The van der Waals surface area contributed by atoms with Crippen LogP contribution >= 0.6 is 46.6 Å². The Hall–Kier alpha value is -2.31. The highest BCUT2D eigenvalue weighted by Gasteiger charge is 2.33. The largest absolute Gasteiger partial charge is 0.494 e. The van der Waals surface area contributed by atoms with E-state index in [2.05, 4.69) is 22.6 Å². The van der Waals surface area contributed by atoms with Gasteiger partial charge in [-0.1, -0.05) is 24.0 Å². The average Bonchev–Trinajstić information content (AvgIpc) is 3.06. The fourth-order valence-electron chi connectivity index (χ4n) is 3.00. The number of nitrogens with zero attached hydrogens (tertiary/aromatic N) is 1. The maximum Gasteiger partial charge on any atom is 0.344 e. The number of halogens is 1. The molecule has 33 heavy (non-hydrogen) atoms. The number of ether oxygens (including phenoxy) is 4. The summed E-state index contributed by atoms with van der Waals surface area (Å²) in [6.45, 7) is 4.27. The van der Waals surface area contributed by atoms with Crippen LogP contribution in [0.4, 0.5) is 5.69 Å². The van der Waals surface area contributed by atoms with Gasteiger partial charge >= 0.3 is 5.97 Å². The minimum atomic E-state index is -0.461. The van der Waals surface area contributed by atoms with E-state index in [1.54, 1.807) is 31.2 Å². The standard InChI is InChI=1S/C23H22INO6S2/c1-4-29-16-8-6-15(7-9-16)25-22(27)19(33-23(25)32)12-14-10-17(24)21(18(11-14)28-3)31-13-20(26)30-5-2/h6-12H,4-5,13H2,1-3H3/b19-12-. The lowest BCUT2D eigenvalue weighted by Crippen LogP contribution is -2.27. The Labute approximate surface area is 215 Å². The molecule has 3 rings (SSSR count). The van der Waals surface area contributed by atoms with E-state index < -0.39 is 5.97 Å². The number of hydrogen-bond acceptors (Lipinski definition) is 8. The summed E-state index contributed by atoms with van der Waals surface area (Å²) in [5, 5.41) is 0. The number of benzene rings is 2. The zero-order chi connectivity index (χ0) is 24.0. The van der Waals surface area contributed by atoms with Crippen LogP contribution in [0.3, 0.4) is 0 Å². The fourth-order valence-corrected chi connectivity index (χ4v) is 5.08. The molecule has 0 unspecified atom stereocenters. The Bertz CT molecular complexity index is 1090. The predicted octanol–water partition coefficient (Wildman–Crippen LogP) is 5.05. The van der Waals surface area contributed by atoms with Crippen molar-refractivity contribution in [1.29, 1.82) is 0 Å². The van der Waals surface area contributed by atoms with Crippen LogP contribution in [0.1, 0.15) is 19.4 Å². The van der Waals surface area contributed by atoms with Crippen LogP contribution in [0.15, 0.2) is 41.3 Å². The smallest absolute Gasteiger partial charge is 0.344 e. The molecule has 174 valence electrons. The molecule has 0 spiro atoms. The van der Waals surface area contributed by atoms with Gasteiger partial charge in [0.2, 0.25) is 0 Å². The van der Waals surface area contributed by atoms with Gasteiger partial charge in [0.25, 0.3) is 5.91 Å². The molecule has 1 saturated heterocycles. The second kappa shape index (κ2) is 11.7. The maximum atomic E-state index is 13.1. The Morgan fingerprint density at radius 1 is 1.15 bits per heavy atom. The van der Waals surface area contributed by atoms with Crippen LogP contribution in [0.5, 0.6) is 17.2 Å². The van der Waals surface area contributed by atoms with Gasteiger partial charge in [0, 0.05) is 0 Å². The van der Waals surface area contributed by atoms with Crippen molar-refractivity contribution in [2.75, 3.05) is 31.8 Å². The first-order chi connectivity index (χ1) is 15.9. The number of thiocarbonyl (C=S) groups is 1. The molecule has 0 bridgehead atoms. The molecule has 10 heteroatoms. The summed E-state index contributed by atoms with van der Waals surface area (Å²) in [6.07, 6.45) is 1.76. The number of rotatable bonds is 9. The van der Waals surface area contributed by atoms with Crippen LogP contribution in [0.2, 0.25) is 0 Å². The number of carbonyl (C=O) groups is 2. The van der Waals surface area contributed by atoms with E-state index >= 15 is 0 Å². The molecule has 0 saturated carbocycles. The molecular weight excluding hydrogens is 577 g/mol. The number of carbonyl (C=O) groups excluding carboxylic acids is 2. The second-order valence-electron chi connectivity index (χ2n) is 6.57. The van der Waals surface area contributed by atoms with Gasteiger partial charge in [-0.2, -0.15) is 0 Å². The van der Waals surface area contributed by atoms with Gasteiger partial charge in [0.1, 0.15) is 5.75 Å². The first kappa shape index (κ1) is 25.3. The van der Waals surface area contributed by atoms with Gasteiger partial charge < -0.3 is 18.9 Å². The van der Waals surface area contributed by atoms with Crippen LogP contribution in [0.25, 0.3) is 6.08 Å². The van der Waals surface area contributed by atoms with Crippen molar-refractivity contribution >= 4 is 74.5 Å². The second-order valence-corrected chi connectivity index (χ2v) is 9.41. The van der Waals surface area contributed by atoms with Crippen molar-refractivity contribution in [3.05, 3.63) is 50.4 Å². The van der Waals surface area contributed by atoms with Crippen LogP contribution < -0.4 is 19.1 Å². The molecule has 2 aromatic rings. The highest BCUT2D eigenvalue weighted by Crippen LogP contribution is 2.39. The third kappa shape index (κ3) is 6.18. The number of anilines is 1. The Balaban J connectivity index is 1.82. The molecule has 0 N–H and O–H groups in total. The first-order valence-corrected chi connectivity index (χ1v) is 12.3. The Morgan fingerprint density at radius 2 is 1.88 bits per heavy atom. The summed E-state index contributed by atoms with van der Waals surface area (Å²) in [4.78, 5) is 26.7. The van der Waals surface area contributed by atoms with Crippen molar-refractivity contribution in [2.24, 2.45) is 0 Å². The number of esters is 1. The van der Waals surface area contributed by atoms with E-state index in [9.17, 15) is 9.59 Å². The lowest BCUT2D eigenvalue weighted by molar-refractivity contribution is -0.145. The SMILES string of the molecule is CCOC(=O)COc1c(I)cc(/C=C2\SC(=S)N(c3ccc(OCC)cc3)C2=O)cc1OC. The molecule has 1 amide bonds. The summed E-state index contributed by atoms with van der Waals surface area (Å²) >= 11 is 8.79. The lowest BCUT2D eigenvalue weighted by Gasteiger charge is -2.15. The van der Waals surface area contributed by atoms with Gasteiger partial charge in [-0.15, -0.1) is 0 Å². The van der Waals surface area contributed by atoms with Crippen molar-refractivity contribution in [3.63, 3.8) is 0 Å². The molecule has 2 aromatic carbocycles. The lowest BCUT2D eigenvalue weighted by atomic mass is 10.1. The third-order valence-corrected chi connectivity index (χ3v) is 6.49. The topological polar surface area (TPSA) is 74.3 Å². The van der Waals surface area contributed by atoms with E-state index in [0.717, 1.165) is 14.9 Å². The van der Waals surface area contributed by atoms with E-state index in [1.165, 1.54) is 23.8 Å². The van der Waals surface area contributed by atoms with Gasteiger partial charge in [-0.25, -0.2) is 4.79 Å². The van der Waals surface area contributed by atoms with Crippen LogP contribution in [-0.4, -0.2) is 43.1 Å². The molecule has 0 radical (unpaired) electrons. The Morgan fingerprint density at radius 3 is 2.52 bits per heavy atom. The molecule has 1 aliphatic heterocycles. The molecular formula is C23H22INO6S2. The first-order valence-electron chi connectivity index (χ1n) is 10.0.